The molecule has 7 heteroatoms. The number of aromatic nitrogens is 2. The monoisotopic (exact) mass is 372 g/mol. The van der Waals surface area contributed by atoms with E-state index in [0.29, 0.717) is 17.3 Å². The first kappa shape index (κ1) is 18.7. The Morgan fingerprint density at radius 1 is 0.852 bits per heavy atom. The second-order valence-electron chi connectivity index (χ2n) is 6.35. The van der Waals surface area contributed by atoms with Crippen LogP contribution in [0.2, 0.25) is 0 Å². The lowest BCUT2D eigenvalue weighted by atomic mass is 10.0. The molecule has 0 fully saturated rings. The first-order chi connectivity index (χ1) is 12.8. The summed E-state index contributed by atoms with van der Waals surface area (Å²) in [5, 5.41) is 5.66. The Morgan fingerprint density at radius 2 is 1.48 bits per heavy atom. The molecule has 3 rings (SSSR count). The lowest BCUT2D eigenvalue weighted by molar-refractivity contribution is -0.137. The molecule has 0 atom stereocenters. The molecule has 0 saturated carbocycles. The standard InChI is InChI=1S/C20H19F3N4/c1-13(2)14-8-10-16(11-9-14)26-19-24-12-17(20(21,22)23)18(27-19)25-15-6-4-3-5-7-15/h3-13H,1-2H3,(H2,24,25,26,27). The molecule has 0 radical (unpaired) electrons. The lowest BCUT2D eigenvalue weighted by Gasteiger charge is -2.15. The molecule has 0 bridgehead atoms. The predicted molar refractivity (Wildman–Crippen MR) is 101 cm³/mol. The van der Waals surface area contributed by atoms with Gasteiger partial charge in [-0.15, -0.1) is 0 Å². The number of alkyl halides is 3. The molecule has 1 heterocycles. The largest absolute Gasteiger partial charge is 0.421 e. The minimum absolute atomic E-state index is 0.0822. The molecular formula is C20H19F3N4. The van der Waals surface area contributed by atoms with E-state index in [1.807, 2.05) is 24.3 Å². The maximum atomic E-state index is 13.3. The summed E-state index contributed by atoms with van der Waals surface area (Å²) >= 11 is 0. The summed E-state index contributed by atoms with van der Waals surface area (Å²) in [4.78, 5) is 7.85. The van der Waals surface area contributed by atoms with E-state index in [2.05, 4.69) is 34.4 Å². The normalized spacial score (nSPS) is 11.5. The molecule has 0 saturated heterocycles. The zero-order valence-corrected chi connectivity index (χ0v) is 14.9. The van der Waals surface area contributed by atoms with Gasteiger partial charge in [-0.3, -0.25) is 0 Å². The Morgan fingerprint density at radius 3 is 2.07 bits per heavy atom. The van der Waals surface area contributed by atoms with Crippen LogP contribution in [0, 0.1) is 0 Å². The van der Waals surface area contributed by atoms with Crippen molar-refractivity contribution in [1.82, 2.24) is 9.97 Å². The van der Waals surface area contributed by atoms with Gasteiger partial charge in [0, 0.05) is 17.6 Å². The van der Waals surface area contributed by atoms with Crippen LogP contribution in [0.1, 0.15) is 30.9 Å². The quantitative estimate of drug-likeness (QED) is 0.568. The van der Waals surface area contributed by atoms with Crippen LogP contribution in [0.5, 0.6) is 0 Å². The molecule has 2 aromatic carbocycles. The highest BCUT2D eigenvalue weighted by Gasteiger charge is 2.35. The van der Waals surface area contributed by atoms with Crippen molar-refractivity contribution in [3.05, 3.63) is 71.9 Å². The molecule has 1 aromatic heterocycles. The Hall–Kier alpha value is -3.09. The molecule has 27 heavy (non-hydrogen) atoms. The first-order valence-corrected chi connectivity index (χ1v) is 8.46. The number of hydrogen-bond acceptors (Lipinski definition) is 4. The topological polar surface area (TPSA) is 49.8 Å². The second kappa shape index (κ2) is 7.65. The van der Waals surface area contributed by atoms with E-state index < -0.39 is 11.7 Å². The number of hydrogen-bond donors (Lipinski definition) is 2. The zero-order valence-electron chi connectivity index (χ0n) is 14.9. The summed E-state index contributed by atoms with van der Waals surface area (Å²) in [5.41, 5.74) is 1.45. The minimum atomic E-state index is -4.56. The fourth-order valence-electron chi connectivity index (χ4n) is 2.48. The summed E-state index contributed by atoms with van der Waals surface area (Å²) in [6.45, 7) is 4.17. The van der Waals surface area contributed by atoms with Crippen molar-refractivity contribution in [2.24, 2.45) is 0 Å². The van der Waals surface area contributed by atoms with E-state index in [4.69, 9.17) is 0 Å². The smallest absolute Gasteiger partial charge is 0.340 e. The van der Waals surface area contributed by atoms with E-state index in [-0.39, 0.29) is 11.8 Å². The molecule has 0 amide bonds. The van der Waals surface area contributed by atoms with E-state index >= 15 is 0 Å². The molecule has 2 N–H and O–H groups in total. The highest BCUT2D eigenvalue weighted by molar-refractivity contribution is 5.62. The van der Waals surface area contributed by atoms with Gasteiger partial charge in [0.05, 0.1) is 0 Å². The van der Waals surface area contributed by atoms with E-state index in [1.165, 1.54) is 5.56 Å². The van der Waals surface area contributed by atoms with Crippen LogP contribution in [-0.4, -0.2) is 9.97 Å². The molecule has 0 aliphatic carbocycles. The van der Waals surface area contributed by atoms with Gasteiger partial charge in [0.15, 0.2) is 0 Å². The van der Waals surface area contributed by atoms with E-state index in [1.54, 1.807) is 30.3 Å². The average Bonchev–Trinajstić information content (AvgIpc) is 2.62. The van der Waals surface area contributed by atoms with Crippen LogP contribution in [0.15, 0.2) is 60.8 Å². The molecule has 0 aliphatic heterocycles. The van der Waals surface area contributed by atoms with Gasteiger partial charge in [0.25, 0.3) is 0 Å². The van der Waals surface area contributed by atoms with Crippen molar-refractivity contribution >= 4 is 23.1 Å². The van der Waals surface area contributed by atoms with Crippen LogP contribution in [-0.2, 0) is 6.18 Å². The molecule has 0 spiro atoms. The third-order valence-corrected chi connectivity index (χ3v) is 3.96. The molecule has 4 nitrogen and oxygen atoms in total. The van der Waals surface area contributed by atoms with Crippen molar-refractivity contribution < 1.29 is 13.2 Å². The maximum Gasteiger partial charge on any atom is 0.421 e. The second-order valence-corrected chi connectivity index (χ2v) is 6.35. The Labute approximate surface area is 155 Å². The number of halogens is 3. The van der Waals surface area contributed by atoms with Gasteiger partial charge < -0.3 is 10.6 Å². The highest BCUT2D eigenvalue weighted by atomic mass is 19.4. The van der Waals surface area contributed by atoms with Gasteiger partial charge >= 0.3 is 6.18 Å². The van der Waals surface area contributed by atoms with Gasteiger partial charge in [-0.25, -0.2) is 4.98 Å². The van der Waals surface area contributed by atoms with Crippen LogP contribution < -0.4 is 10.6 Å². The number of nitrogens with zero attached hydrogens (tertiary/aromatic N) is 2. The zero-order chi connectivity index (χ0) is 19.4. The van der Waals surface area contributed by atoms with Crippen molar-refractivity contribution in [1.29, 1.82) is 0 Å². The molecule has 140 valence electrons. The van der Waals surface area contributed by atoms with E-state index in [0.717, 1.165) is 6.20 Å². The van der Waals surface area contributed by atoms with Crippen molar-refractivity contribution in [2.45, 2.75) is 25.9 Å². The van der Waals surface area contributed by atoms with Crippen LogP contribution >= 0.6 is 0 Å². The maximum absolute atomic E-state index is 13.3. The average molecular weight is 372 g/mol. The summed E-state index contributed by atoms with van der Waals surface area (Å²) < 4.78 is 39.9. The number of benzene rings is 2. The summed E-state index contributed by atoms with van der Waals surface area (Å²) in [7, 11) is 0. The number of nitrogens with one attached hydrogen (secondary N) is 2. The van der Waals surface area contributed by atoms with Crippen LogP contribution in [0.25, 0.3) is 0 Å². The van der Waals surface area contributed by atoms with E-state index in [9.17, 15) is 13.2 Å². The molecule has 3 aromatic rings. The Kier molecular flexibility index (Phi) is 5.30. The van der Waals surface area contributed by atoms with Crippen LogP contribution in [0.3, 0.4) is 0 Å². The molecule has 0 aliphatic rings. The molecular weight excluding hydrogens is 353 g/mol. The van der Waals surface area contributed by atoms with Crippen molar-refractivity contribution in [3.8, 4) is 0 Å². The van der Waals surface area contributed by atoms with Gasteiger partial charge in [-0.05, 0) is 35.7 Å². The Bertz CT molecular complexity index is 891. The summed E-state index contributed by atoms with van der Waals surface area (Å²) in [5.74, 6) is 0.173. The third-order valence-electron chi connectivity index (χ3n) is 3.96. The van der Waals surface area contributed by atoms with Gasteiger partial charge in [-0.1, -0.05) is 44.2 Å². The summed E-state index contributed by atoms with van der Waals surface area (Å²) in [6.07, 6.45) is -3.78. The first-order valence-electron chi connectivity index (χ1n) is 8.46. The summed E-state index contributed by atoms with van der Waals surface area (Å²) in [6, 6.07) is 16.2. The van der Waals surface area contributed by atoms with Crippen LogP contribution in [0.4, 0.5) is 36.3 Å². The van der Waals surface area contributed by atoms with Gasteiger partial charge in [0.1, 0.15) is 11.4 Å². The molecule has 0 unspecified atom stereocenters. The predicted octanol–water partition coefficient (Wildman–Crippen LogP) is 6.11. The lowest BCUT2D eigenvalue weighted by Crippen LogP contribution is -2.12. The number of anilines is 4. The van der Waals surface area contributed by atoms with Gasteiger partial charge in [0.2, 0.25) is 5.95 Å². The van der Waals surface area contributed by atoms with Crippen molar-refractivity contribution in [3.63, 3.8) is 0 Å². The minimum Gasteiger partial charge on any atom is -0.340 e. The fourth-order valence-corrected chi connectivity index (χ4v) is 2.48. The van der Waals surface area contributed by atoms with Gasteiger partial charge in [-0.2, -0.15) is 18.2 Å². The highest BCUT2D eigenvalue weighted by Crippen LogP contribution is 2.35. The Balaban J connectivity index is 1.89. The fraction of sp³-hybridized carbons (Fsp3) is 0.200. The number of rotatable bonds is 5. The SMILES string of the molecule is CC(C)c1ccc(Nc2ncc(C(F)(F)F)c(Nc3ccccc3)n2)cc1. The number of para-hydroxylation sites is 1. The van der Waals surface area contributed by atoms with Crippen molar-refractivity contribution in [2.75, 3.05) is 10.6 Å². The third kappa shape index (κ3) is 4.75.